The molecule has 0 aromatic rings. The Hall–Kier alpha value is -1.16. The zero-order valence-corrected chi connectivity index (χ0v) is 11.5. The Kier molecular flexibility index (Phi) is 2.65. The maximum absolute atomic E-state index is 12.2. The summed E-state index contributed by atoms with van der Waals surface area (Å²) in [4.78, 5) is 24.0. The minimum Gasteiger partial charge on any atom is -0.462 e. The molecule has 2 fully saturated rings. The third-order valence-corrected chi connectivity index (χ3v) is 5.52. The molecule has 1 saturated carbocycles. The lowest BCUT2D eigenvalue weighted by Crippen LogP contribution is -2.47. The van der Waals surface area contributed by atoms with Crippen molar-refractivity contribution in [1.82, 2.24) is 0 Å². The number of allylic oxidation sites excluding steroid dienone is 2. The van der Waals surface area contributed by atoms with Crippen LogP contribution >= 0.6 is 0 Å². The summed E-state index contributed by atoms with van der Waals surface area (Å²) in [6.45, 7) is 5.69. The predicted octanol–water partition coefficient (Wildman–Crippen LogP) is 1.33. The Labute approximate surface area is 112 Å². The molecule has 2 aliphatic carbocycles. The maximum Gasteiger partial charge on any atom is 0.309 e. The van der Waals surface area contributed by atoms with Gasteiger partial charge in [-0.2, -0.15) is 0 Å². The van der Waals surface area contributed by atoms with Crippen molar-refractivity contribution in [3.63, 3.8) is 0 Å². The van der Waals surface area contributed by atoms with Crippen LogP contribution in [0.4, 0.5) is 0 Å². The van der Waals surface area contributed by atoms with Crippen LogP contribution in [0.1, 0.15) is 27.2 Å². The highest BCUT2D eigenvalue weighted by atomic mass is 16.6. The lowest BCUT2D eigenvalue weighted by molar-refractivity contribution is -0.144. The number of esters is 1. The van der Waals surface area contributed by atoms with Crippen molar-refractivity contribution < 1.29 is 19.4 Å². The topological polar surface area (TPSA) is 63.6 Å². The second-order valence-electron chi connectivity index (χ2n) is 6.53. The molecule has 0 spiro atoms. The number of hydrogen-bond acceptors (Lipinski definition) is 4. The van der Waals surface area contributed by atoms with Gasteiger partial charge >= 0.3 is 5.97 Å². The minimum atomic E-state index is -0.823. The highest BCUT2D eigenvalue weighted by Crippen LogP contribution is 2.53. The number of rotatable bonds is 0. The molecule has 0 aromatic heterocycles. The first-order chi connectivity index (χ1) is 8.87. The monoisotopic (exact) mass is 264 g/mol. The van der Waals surface area contributed by atoms with Gasteiger partial charge in [-0.25, -0.2) is 0 Å². The largest absolute Gasteiger partial charge is 0.462 e. The van der Waals surface area contributed by atoms with E-state index in [9.17, 15) is 14.7 Å². The number of ether oxygens (including phenoxy) is 1. The Morgan fingerprint density at radius 1 is 1.37 bits per heavy atom. The number of carbonyl (C=O) groups excluding carboxylic acids is 2. The van der Waals surface area contributed by atoms with Crippen LogP contribution in [0.15, 0.2) is 12.2 Å². The summed E-state index contributed by atoms with van der Waals surface area (Å²) in [5, 5.41) is 10.8. The van der Waals surface area contributed by atoms with E-state index >= 15 is 0 Å². The van der Waals surface area contributed by atoms with Crippen LogP contribution in [0.25, 0.3) is 0 Å². The van der Waals surface area contributed by atoms with Crippen molar-refractivity contribution in [2.75, 3.05) is 0 Å². The summed E-state index contributed by atoms with van der Waals surface area (Å²) in [6.07, 6.45) is 3.15. The number of ketones is 1. The molecule has 104 valence electrons. The van der Waals surface area contributed by atoms with E-state index in [4.69, 9.17) is 4.74 Å². The number of hydrogen-bond donors (Lipinski definition) is 1. The molecule has 3 rings (SSSR count). The molecule has 1 saturated heterocycles. The van der Waals surface area contributed by atoms with Gasteiger partial charge in [-0.3, -0.25) is 9.59 Å². The molecule has 0 bridgehead atoms. The normalized spacial score (nSPS) is 52.6. The molecule has 4 heteroatoms. The van der Waals surface area contributed by atoms with Gasteiger partial charge in [0, 0.05) is 5.92 Å². The summed E-state index contributed by atoms with van der Waals surface area (Å²) in [6, 6.07) is 0. The van der Waals surface area contributed by atoms with Crippen LogP contribution in [0.2, 0.25) is 0 Å². The predicted molar refractivity (Wildman–Crippen MR) is 68.1 cm³/mol. The Morgan fingerprint density at radius 2 is 2.05 bits per heavy atom. The Balaban J connectivity index is 2.06. The average molecular weight is 264 g/mol. The second-order valence-corrected chi connectivity index (χ2v) is 6.53. The fraction of sp³-hybridized carbons (Fsp3) is 0.733. The summed E-state index contributed by atoms with van der Waals surface area (Å²) >= 11 is 0. The van der Waals surface area contributed by atoms with E-state index in [0.29, 0.717) is 0 Å². The molecule has 4 nitrogen and oxygen atoms in total. The van der Waals surface area contributed by atoms with E-state index < -0.39 is 11.5 Å². The Morgan fingerprint density at radius 3 is 2.74 bits per heavy atom. The first kappa shape index (κ1) is 12.9. The SMILES string of the molecule is CC1C[C@@H]2OC(=O)C(C)[C@@H]2C(O)[C@@]2(C)C(=O)C=CC12. The molecule has 19 heavy (non-hydrogen) atoms. The molecule has 1 heterocycles. The van der Waals surface area contributed by atoms with Gasteiger partial charge in [-0.1, -0.05) is 19.9 Å². The van der Waals surface area contributed by atoms with E-state index in [0.717, 1.165) is 6.42 Å². The van der Waals surface area contributed by atoms with Gasteiger partial charge < -0.3 is 9.84 Å². The molecule has 0 aromatic carbocycles. The van der Waals surface area contributed by atoms with Crippen LogP contribution in [0.5, 0.6) is 0 Å². The van der Waals surface area contributed by atoms with Gasteiger partial charge in [-0.05, 0) is 31.3 Å². The second kappa shape index (κ2) is 3.92. The first-order valence-electron chi connectivity index (χ1n) is 6.98. The number of carbonyl (C=O) groups is 2. The van der Waals surface area contributed by atoms with E-state index in [2.05, 4.69) is 6.92 Å². The minimum absolute atomic E-state index is 0.0240. The van der Waals surface area contributed by atoms with Crippen LogP contribution in [-0.2, 0) is 14.3 Å². The van der Waals surface area contributed by atoms with E-state index in [1.807, 2.05) is 13.0 Å². The molecular weight excluding hydrogens is 244 g/mol. The molecule has 7 atom stereocenters. The van der Waals surface area contributed by atoms with Crippen molar-refractivity contribution in [1.29, 1.82) is 0 Å². The number of aliphatic hydroxyl groups is 1. The summed E-state index contributed by atoms with van der Waals surface area (Å²) in [5.74, 6) is -0.627. The van der Waals surface area contributed by atoms with Crippen LogP contribution < -0.4 is 0 Å². The zero-order valence-electron chi connectivity index (χ0n) is 11.5. The van der Waals surface area contributed by atoms with E-state index in [1.165, 1.54) is 0 Å². The molecule has 0 amide bonds. The molecular formula is C15H20O4. The fourth-order valence-corrected chi connectivity index (χ4v) is 4.27. The molecule has 0 radical (unpaired) electrons. The molecule has 1 N–H and O–H groups in total. The Bertz CT molecular complexity index is 469. The van der Waals surface area contributed by atoms with Crippen molar-refractivity contribution in [2.24, 2.45) is 29.1 Å². The molecule has 3 aliphatic rings. The van der Waals surface area contributed by atoms with E-state index in [1.54, 1.807) is 13.0 Å². The lowest BCUT2D eigenvalue weighted by Gasteiger charge is -2.37. The summed E-state index contributed by atoms with van der Waals surface area (Å²) in [5.41, 5.74) is -0.804. The lowest BCUT2D eigenvalue weighted by atomic mass is 9.67. The van der Waals surface area contributed by atoms with Crippen LogP contribution in [0, 0.1) is 29.1 Å². The first-order valence-corrected chi connectivity index (χ1v) is 6.98. The smallest absolute Gasteiger partial charge is 0.309 e. The highest BCUT2D eigenvalue weighted by molar-refractivity contribution is 5.98. The van der Waals surface area contributed by atoms with Gasteiger partial charge in [0.25, 0.3) is 0 Å². The molecule has 1 aliphatic heterocycles. The maximum atomic E-state index is 12.2. The van der Waals surface area contributed by atoms with Gasteiger partial charge in [0.05, 0.1) is 17.4 Å². The van der Waals surface area contributed by atoms with Gasteiger partial charge in [0.1, 0.15) is 6.10 Å². The fourth-order valence-electron chi connectivity index (χ4n) is 4.27. The van der Waals surface area contributed by atoms with Crippen molar-refractivity contribution in [3.05, 3.63) is 12.2 Å². The number of aliphatic hydroxyl groups excluding tert-OH is 1. The third kappa shape index (κ3) is 1.49. The van der Waals surface area contributed by atoms with Crippen molar-refractivity contribution in [3.8, 4) is 0 Å². The highest BCUT2D eigenvalue weighted by Gasteiger charge is 2.60. The van der Waals surface area contributed by atoms with Crippen molar-refractivity contribution >= 4 is 11.8 Å². The summed E-state index contributed by atoms with van der Waals surface area (Å²) < 4.78 is 5.41. The van der Waals surface area contributed by atoms with Crippen molar-refractivity contribution in [2.45, 2.75) is 39.4 Å². The average Bonchev–Trinajstić information content (AvgIpc) is 2.77. The van der Waals surface area contributed by atoms with Gasteiger partial charge in [0.15, 0.2) is 5.78 Å². The van der Waals surface area contributed by atoms with Gasteiger partial charge in [0.2, 0.25) is 0 Å². The molecule has 4 unspecified atom stereocenters. The van der Waals surface area contributed by atoms with Gasteiger partial charge in [-0.15, -0.1) is 0 Å². The van der Waals surface area contributed by atoms with E-state index in [-0.39, 0.29) is 41.5 Å². The zero-order chi connectivity index (χ0) is 13.9. The standard InChI is InChI=1S/C15H20O4/c1-7-6-10-12(8(2)14(18)19-10)13(17)15(3)9(7)4-5-11(15)16/h4-5,7-10,12-13,17H,6H2,1-3H3/t7?,8?,9?,10-,12-,13?,15+/m0/s1. The quantitative estimate of drug-likeness (QED) is 0.670. The van der Waals surface area contributed by atoms with Crippen LogP contribution in [0.3, 0.4) is 0 Å². The number of fused-ring (bicyclic) bond motifs is 2. The summed E-state index contributed by atoms with van der Waals surface area (Å²) in [7, 11) is 0. The third-order valence-electron chi connectivity index (χ3n) is 5.52. The van der Waals surface area contributed by atoms with Crippen LogP contribution in [-0.4, -0.2) is 29.1 Å².